The van der Waals surface area contributed by atoms with Crippen molar-refractivity contribution in [3.63, 3.8) is 0 Å². The van der Waals surface area contributed by atoms with E-state index in [2.05, 4.69) is 13.8 Å². The minimum atomic E-state index is -0.130. The van der Waals surface area contributed by atoms with E-state index in [0.717, 1.165) is 6.42 Å². The van der Waals surface area contributed by atoms with E-state index in [0.29, 0.717) is 5.92 Å². The molecule has 0 radical (unpaired) electrons. The smallest absolute Gasteiger partial charge is 0.0537 e. The Bertz CT molecular complexity index is 50.3. The van der Waals surface area contributed by atoms with Crippen LogP contribution in [0.3, 0.4) is 0 Å². The van der Waals surface area contributed by atoms with Crippen LogP contribution >= 0.6 is 0 Å². The fourth-order valence-corrected chi connectivity index (χ4v) is 0.697. The Kier molecular flexibility index (Phi) is 3.88. The van der Waals surface area contributed by atoms with Crippen LogP contribution in [0.1, 0.15) is 33.6 Å². The lowest BCUT2D eigenvalue weighted by Gasteiger charge is -2.11. The Morgan fingerprint density at radius 3 is 2.00 bits per heavy atom. The van der Waals surface area contributed by atoms with Gasteiger partial charge in [-0.2, -0.15) is 0 Å². The summed E-state index contributed by atoms with van der Waals surface area (Å²) in [4.78, 5) is 0. The maximum atomic E-state index is 8.95. The molecule has 0 spiro atoms. The summed E-state index contributed by atoms with van der Waals surface area (Å²) < 4.78 is 0. The molecule has 50 valence electrons. The quantitative estimate of drug-likeness (QED) is 0.596. The Labute approximate surface area is 51.7 Å². The minimum Gasteiger partial charge on any atom is -0.393 e. The molecule has 1 unspecified atom stereocenters. The van der Waals surface area contributed by atoms with E-state index in [1.807, 2.05) is 6.92 Å². The second-order valence-electron chi connectivity index (χ2n) is 2.51. The summed E-state index contributed by atoms with van der Waals surface area (Å²) in [6, 6.07) is 0. The molecule has 0 aromatic rings. The zero-order valence-corrected chi connectivity index (χ0v) is 6.02. The normalized spacial score (nSPS) is 18.0. The molecule has 1 heteroatoms. The van der Waals surface area contributed by atoms with Gasteiger partial charge in [0.1, 0.15) is 0 Å². The molecule has 1 nitrogen and oxygen atoms in total. The first-order valence-electron chi connectivity index (χ1n) is 3.36. The summed E-state index contributed by atoms with van der Waals surface area (Å²) in [6.07, 6.45) is 2.18. The van der Waals surface area contributed by atoms with Gasteiger partial charge in [0.15, 0.2) is 0 Å². The van der Waals surface area contributed by atoms with Gasteiger partial charge < -0.3 is 5.11 Å². The van der Waals surface area contributed by atoms with Gasteiger partial charge in [0, 0.05) is 0 Å². The highest BCUT2D eigenvalue weighted by Gasteiger charge is 2.05. The lowest BCUT2D eigenvalue weighted by molar-refractivity contribution is 0.129. The van der Waals surface area contributed by atoms with Crippen LogP contribution in [0.4, 0.5) is 0 Å². The van der Waals surface area contributed by atoms with Crippen molar-refractivity contribution in [2.75, 3.05) is 0 Å². The Morgan fingerprint density at radius 1 is 1.38 bits per heavy atom. The highest BCUT2D eigenvalue weighted by molar-refractivity contribution is 4.56. The molecule has 0 rings (SSSR count). The Morgan fingerprint density at radius 2 is 1.88 bits per heavy atom. The van der Waals surface area contributed by atoms with Crippen molar-refractivity contribution < 1.29 is 5.11 Å². The molecule has 0 bridgehead atoms. The summed E-state index contributed by atoms with van der Waals surface area (Å²) in [6.45, 7) is 6.06. The molecule has 2 atom stereocenters. The lowest BCUT2D eigenvalue weighted by Crippen LogP contribution is -2.11. The SMILES string of the molecule is CCCC(C)[C@@H](C)O. The average molecular weight is 116 g/mol. The zero-order chi connectivity index (χ0) is 6.57. The molecule has 0 heterocycles. The highest BCUT2D eigenvalue weighted by Crippen LogP contribution is 2.08. The van der Waals surface area contributed by atoms with E-state index in [4.69, 9.17) is 5.11 Å². The van der Waals surface area contributed by atoms with Crippen LogP contribution in [0, 0.1) is 5.92 Å². The van der Waals surface area contributed by atoms with E-state index in [9.17, 15) is 0 Å². The van der Waals surface area contributed by atoms with Crippen LogP contribution in [-0.2, 0) is 0 Å². The van der Waals surface area contributed by atoms with Crippen molar-refractivity contribution in [1.29, 1.82) is 0 Å². The molecule has 0 aromatic heterocycles. The predicted molar refractivity (Wildman–Crippen MR) is 35.8 cm³/mol. The van der Waals surface area contributed by atoms with Crippen LogP contribution in [0.15, 0.2) is 0 Å². The average Bonchev–Trinajstić information content (AvgIpc) is 1.67. The Balaban J connectivity index is 3.17. The van der Waals surface area contributed by atoms with E-state index in [-0.39, 0.29) is 6.10 Å². The van der Waals surface area contributed by atoms with Gasteiger partial charge in [-0.05, 0) is 19.3 Å². The number of aliphatic hydroxyl groups is 1. The monoisotopic (exact) mass is 116 g/mol. The van der Waals surface area contributed by atoms with Crippen LogP contribution in [0.5, 0.6) is 0 Å². The maximum absolute atomic E-state index is 8.95. The summed E-state index contributed by atoms with van der Waals surface area (Å²) in [7, 11) is 0. The van der Waals surface area contributed by atoms with Crippen LogP contribution in [0.2, 0.25) is 0 Å². The molecule has 0 aliphatic rings. The first-order chi connectivity index (χ1) is 3.68. The van der Waals surface area contributed by atoms with Gasteiger partial charge in [-0.15, -0.1) is 0 Å². The third-order valence-electron chi connectivity index (χ3n) is 1.57. The second-order valence-corrected chi connectivity index (χ2v) is 2.51. The topological polar surface area (TPSA) is 20.2 Å². The van der Waals surface area contributed by atoms with Crippen molar-refractivity contribution >= 4 is 0 Å². The van der Waals surface area contributed by atoms with Crippen molar-refractivity contribution in [2.24, 2.45) is 5.92 Å². The highest BCUT2D eigenvalue weighted by atomic mass is 16.3. The molecule has 0 saturated carbocycles. The first kappa shape index (κ1) is 7.96. The second kappa shape index (κ2) is 3.90. The van der Waals surface area contributed by atoms with Gasteiger partial charge in [0.25, 0.3) is 0 Å². The largest absolute Gasteiger partial charge is 0.393 e. The van der Waals surface area contributed by atoms with Gasteiger partial charge in [-0.25, -0.2) is 0 Å². The fraction of sp³-hybridized carbons (Fsp3) is 1.00. The summed E-state index contributed by atoms with van der Waals surface area (Å²) in [5.41, 5.74) is 0. The van der Waals surface area contributed by atoms with Crippen molar-refractivity contribution in [3.8, 4) is 0 Å². The van der Waals surface area contributed by atoms with Crippen LogP contribution in [-0.4, -0.2) is 11.2 Å². The maximum Gasteiger partial charge on any atom is 0.0537 e. The number of hydrogen-bond acceptors (Lipinski definition) is 1. The van der Waals surface area contributed by atoms with Gasteiger partial charge in [0.05, 0.1) is 6.10 Å². The number of hydrogen-bond donors (Lipinski definition) is 1. The molecule has 1 N–H and O–H groups in total. The number of aliphatic hydroxyl groups excluding tert-OH is 1. The van der Waals surface area contributed by atoms with Gasteiger partial charge >= 0.3 is 0 Å². The van der Waals surface area contributed by atoms with Gasteiger partial charge in [0.2, 0.25) is 0 Å². The summed E-state index contributed by atoms with van der Waals surface area (Å²) in [5.74, 6) is 0.472. The van der Waals surface area contributed by atoms with E-state index >= 15 is 0 Å². The third kappa shape index (κ3) is 3.03. The molecular weight excluding hydrogens is 100 g/mol. The zero-order valence-electron chi connectivity index (χ0n) is 6.02. The van der Waals surface area contributed by atoms with Crippen molar-refractivity contribution in [3.05, 3.63) is 0 Å². The van der Waals surface area contributed by atoms with Crippen molar-refractivity contribution in [1.82, 2.24) is 0 Å². The predicted octanol–water partition coefficient (Wildman–Crippen LogP) is 1.80. The minimum absolute atomic E-state index is 0.130. The molecule has 0 aliphatic carbocycles. The standard InChI is InChI=1S/C7H16O/c1-4-5-6(2)7(3)8/h6-8H,4-5H2,1-3H3/t6?,7-/m1/s1. The van der Waals surface area contributed by atoms with Gasteiger partial charge in [-0.3, -0.25) is 0 Å². The lowest BCUT2D eigenvalue weighted by atomic mass is 10.0. The van der Waals surface area contributed by atoms with E-state index < -0.39 is 0 Å². The molecule has 0 amide bonds. The fourth-order valence-electron chi connectivity index (χ4n) is 0.697. The van der Waals surface area contributed by atoms with Gasteiger partial charge in [-0.1, -0.05) is 20.3 Å². The van der Waals surface area contributed by atoms with E-state index in [1.165, 1.54) is 6.42 Å². The van der Waals surface area contributed by atoms with Crippen LogP contribution in [0.25, 0.3) is 0 Å². The van der Waals surface area contributed by atoms with E-state index in [1.54, 1.807) is 0 Å². The summed E-state index contributed by atoms with van der Waals surface area (Å²) >= 11 is 0. The van der Waals surface area contributed by atoms with Crippen molar-refractivity contribution in [2.45, 2.75) is 39.7 Å². The molecule has 0 aromatic carbocycles. The molecule has 0 fully saturated rings. The third-order valence-corrected chi connectivity index (χ3v) is 1.57. The van der Waals surface area contributed by atoms with Crippen LogP contribution < -0.4 is 0 Å². The Hall–Kier alpha value is -0.0400. The number of rotatable bonds is 3. The molecule has 8 heavy (non-hydrogen) atoms. The first-order valence-corrected chi connectivity index (χ1v) is 3.36. The summed E-state index contributed by atoms with van der Waals surface area (Å²) in [5, 5.41) is 8.95. The molecule has 0 aliphatic heterocycles. The molecular formula is C7H16O. The molecule has 0 saturated heterocycles.